The molecular formula is C23H25N5O8S. The van der Waals surface area contributed by atoms with E-state index in [-0.39, 0.29) is 30.2 Å². The highest BCUT2D eigenvalue weighted by molar-refractivity contribution is 8.00. The maximum atomic E-state index is 13.3. The molecule has 0 saturated carbocycles. The van der Waals surface area contributed by atoms with Gasteiger partial charge >= 0.3 is 24.0 Å². The van der Waals surface area contributed by atoms with Crippen molar-refractivity contribution in [1.82, 2.24) is 25.3 Å². The molecule has 13 nitrogen and oxygen atoms in total. The number of carbonyl (C=O) groups is 6. The lowest BCUT2D eigenvalue weighted by Gasteiger charge is -2.49. The molecule has 0 spiro atoms. The van der Waals surface area contributed by atoms with Crippen molar-refractivity contribution < 1.29 is 38.6 Å². The van der Waals surface area contributed by atoms with Crippen LogP contribution in [0.4, 0.5) is 9.59 Å². The largest absolute Gasteiger partial charge is 0.477 e. The molecule has 14 heteroatoms. The number of β-lactam (4-membered cyclic amide) rings is 1. The van der Waals surface area contributed by atoms with Gasteiger partial charge in [-0.2, -0.15) is 0 Å². The van der Waals surface area contributed by atoms with Crippen molar-refractivity contribution in [2.75, 3.05) is 32.5 Å². The fourth-order valence-electron chi connectivity index (χ4n) is 4.20. The molecule has 37 heavy (non-hydrogen) atoms. The van der Waals surface area contributed by atoms with Crippen molar-refractivity contribution in [2.24, 2.45) is 0 Å². The van der Waals surface area contributed by atoms with Crippen molar-refractivity contribution >= 4 is 47.6 Å². The Bertz CT molecular complexity index is 1190. The van der Waals surface area contributed by atoms with E-state index in [4.69, 9.17) is 4.74 Å². The fraction of sp³-hybridized carbons (Fsp3) is 0.391. The van der Waals surface area contributed by atoms with Crippen LogP contribution < -0.4 is 10.6 Å². The first-order valence-electron chi connectivity index (χ1n) is 11.3. The fourth-order valence-corrected chi connectivity index (χ4v) is 5.53. The van der Waals surface area contributed by atoms with Crippen molar-refractivity contribution in [3.8, 4) is 0 Å². The van der Waals surface area contributed by atoms with Gasteiger partial charge in [-0.3, -0.25) is 19.3 Å². The van der Waals surface area contributed by atoms with Crippen LogP contribution in [0.5, 0.6) is 0 Å². The third-order valence-corrected chi connectivity index (χ3v) is 7.46. The van der Waals surface area contributed by atoms with E-state index in [1.54, 1.807) is 37.4 Å². The normalized spacial score (nSPS) is 21.7. The van der Waals surface area contributed by atoms with Crippen LogP contribution in [0.1, 0.15) is 18.5 Å². The average molecular weight is 532 g/mol. The summed E-state index contributed by atoms with van der Waals surface area (Å²) in [5.41, 5.74) is 0.435. The number of amides is 6. The quantitative estimate of drug-likeness (QED) is 0.327. The van der Waals surface area contributed by atoms with Gasteiger partial charge in [0.25, 0.3) is 5.91 Å². The van der Waals surface area contributed by atoms with Gasteiger partial charge < -0.3 is 25.4 Å². The Morgan fingerprint density at radius 3 is 2.46 bits per heavy atom. The molecule has 3 aliphatic rings. The second kappa shape index (κ2) is 10.5. The number of likely N-dealkylation sites (N-methyl/N-ethyl adjacent to an activating group) is 1. The number of hydrogen-bond acceptors (Lipinski definition) is 8. The Morgan fingerprint density at radius 2 is 1.86 bits per heavy atom. The number of carboxylic acid groups (broad SMARTS) is 1. The number of benzene rings is 1. The number of nitrogens with one attached hydrogen (secondary N) is 2. The minimum absolute atomic E-state index is 0.166. The molecule has 2 fully saturated rings. The summed E-state index contributed by atoms with van der Waals surface area (Å²) in [6.45, 7) is 1.46. The Kier molecular flexibility index (Phi) is 7.38. The van der Waals surface area contributed by atoms with Crippen LogP contribution >= 0.6 is 11.8 Å². The van der Waals surface area contributed by atoms with E-state index >= 15 is 0 Å². The number of aliphatic carboxylic acids is 1. The number of rotatable bonds is 7. The van der Waals surface area contributed by atoms with Crippen molar-refractivity contribution in [3.05, 3.63) is 47.2 Å². The molecular weight excluding hydrogens is 506 g/mol. The summed E-state index contributed by atoms with van der Waals surface area (Å²) in [7, 11) is 1.56. The predicted molar refractivity (Wildman–Crippen MR) is 129 cm³/mol. The second-order valence-corrected chi connectivity index (χ2v) is 9.69. The Balaban J connectivity index is 1.50. The van der Waals surface area contributed by atoms with Crippen LogP contribution in [0.3, 0.4) is 0 Å². The molecule has 0 bridgehead atoms. The number of thioether (sulfide) groups is 1. The molecule has 6 amide bonds. The molecule has 1 aromatic rings. The minimum Gasteiger partial charge on any atom is -0.477 e. The number of carboxylic acids is 1. The van der Waals surface area contributed by atoms with Crippen molar-refractivity contribution in [3.63, 3.8) is 0 Å². The van der Waals surface area contributed by atoms with Crippen LogP contribution in [-0.2, 0) is 23.9 Å². The summed E-state index contributed by atoms with van der Waals surface area (Å²) >= 11 is 1.22. The average Bonchev–Trinajstić information content (AvgIpc) is 3.21. The molecule has 0 aliphatic carbocycles. The highest BCUT2D eigenvalue weighted by atomic mass is 32.2. The van der Waals surface area contributed by atoms with E-state index in [1.807, 2.05) is 0 Å². The number of ether oxygens (including phenoxy) is 1. The molecule has 4 rings (SSSR count). The molecule has 2 saturated heterocycles. The van der Waals surface area contributed by atoms with E-state index in [2.05, 4.69) is 10.6 Å². The predicted octanol–water partition coefficient (Wildman–Crippen LogP) is 0.106. The van der Waals surface area contributed by atoms with Gasteiger partial charge in [-0.1, -0.05) is 30.3 Å². The smallest absolute Gasteiger partial charge is 0.352 e. The zero-order chi connectivity index (χ0) is 26.9. The third kappa shape index (κ3) is 5.09. The maximum Gasteiger partial charge on any atom is 0.352 e. The van der Waals surface area contributed by atoms with E-state index in [0.29, 0.717) is 12.1 Å². The number of fused-ring (bicyclic) bond motifs is 1. The van der Waals surface area contributed by atoms with E-state index < -0.39 is 53.3 Å². The minimum atomic E-state index is -1.35. The van der Waals surface area contributed by atoms with Crippen LogP contribution in [0, 0.1) is 0 Å². The summed E-state index contributed by atoms with van der Waals surface area (Å²) in [4.78, 5) is 77.8. The maximum absolute atomic E-state index is 13.3. The van der Waals surface area contributed by atoms with Gasteiger partial charge in [0.1, 0.15) is 29.8 Å². The van der Waals surface area contributed by atoms with E-state index in [9.17, 15) is 33.9 Å². The Morgan fingerprint density at radius 1 is 1.16 bits per heavy atom. The van der Waals surface area contributed by atoms with Gasteiger partial charge in [0.05, 0.1) is 0 Å². The molecule has 1 aromatic carbocycles. The van der Waals surface area contributed by atoms with Gasteiger partial charge in [0.15, 0.2) is 0 Å². The molecule has 3 heterocycles. The molecule has 0 radical (unpaired) electrons. The zero-order valence-corrected chi connectivity index (χ0v) is 20.8. The van der Waals surface area contributed by atoms with E-state index in [0.717, 1.165) is 9.80 Å². The van der Waals surface area contributed by atoms with Gasteiger partial charge in [-0.05, 0) is 5.56 Å². The lowest BCUT2D eigenvalue weighted by Crippen LogP contribution is -2.71. The molecule has 3 aliphatic heterocycles. The first-order valence-corrected chi connectivity index (χ1v) is 12.4. The molecule has 3 N–H and O–H groups in total. The summed E-state index contributed by atoms with van der Waals surface area (Å²) in [6.07, 6.45) is 0. The van der Waals surface area contributed by atoms with Gasteiger partial charge in [-0.25, -0.2) is 19.3 Å². The topological polar surface area (TPSA) is 166 Å². The second-order valence-electron chi connectivity index (χ2n) is 8.58. The monoisotopic (exact) mass is 531 g/mol. The standard InChI is InChI=1S/C23H25N5O8S/c1-12(29)36-10-14-11-37-20-16(19(31)28(20)17(14)21(32)33)24-18(30)15(13-6-4-3-5-7-13)25-22(34)27-9-8-26(2)23(27)35/h3-7,15-16,20H,8-11H2,1-2H3,(H,24,30)(H,25,34)(H,32,33)/t15?,16?,20-/m0/s1. The van der Waals surface area contributed by atoms with Crippen LogP contribution in [0.15, 0.2) is 41.6 Å². The summed E-state index contributed by atoms with van der Waals surface area (Å²) in [6, 6.07) is 4.85. The van der Waals surface area contributed by atoms with Gasteiger partial charge in [-0.15, -0.1) is 11.8 Å². The van der Waals surface area contributed by atoms with E-state index in [1.165, 1.54) is 23.6 Å². The summed E-state index contributed by atoms with van der Waals surface area (Å²) in [5, 5.41) is 14.2. The first kappa shape index (κ1) is 26.0. The van der Waals surface area contributed by atoms with Crippen molar-refractivity contribution in [1.29, 1.82) is 0 Å². The Hall–Kier alpha value is -4.07. The third-order valence-electron chi connectivity index (χ3n) is 6.12. The lowest BCUT2D eigenvalue weighted by atomic mass is 10.0. The molecule has 3 atom stereocenters. The SMILES string of the molecule is CC(=O)OCC1=C(C(=O)O)N2C(=O)C(NC(=O)C(NC(=O)N3CCN(C)C3=O)c3ccccc3)[C@@H]2SC1. The lowest BCUT2D eigenvalue weighted by molar-refractivity contribution is -0.151. The first-order chi connectivity index (χ1) is 17.6. The highest BCUT2D eigenvalue weighted by Gasteiger charge is 2.54. The molecule has 196 valence electrons. The number of urea groups is 2. The molecule has 2 unspecified atom stereocenters. The van der Waals surface area contributed by atoms with Crippen LogP contribution in [-0.4, -0.2) is 99.5 Å². The number of carbonyl (C=O) groups excluding carboxylic acids is 5. The molecule has 0 aromatic heterocycles. The summed E-state index contributed by atoms with van der Waals surface area (Å²) in [5.74, 6) is -3.08. The number of esters is 1. The van der Waals surface area contributed by atoms with Gasteiger partial charge in [0, 0.05) is 38.4 Å². The Labute approximate surface area is 215 Å². The van der Waals surface area contributed by atoms with Crippen LogP contribution in [0.25, 0.3) is 0 Å². The number of nitrogens with zero attached hydrogens (tertiary/aromatic N) is 3. The number of imide groups is 1. The van der Waals surface area contributed by atoms with Crippen molar-refractivity contribution in [2.45, 2.75) is 24.4 Å². The van der Waals surface area contributed by atoms with Gasteiger partial charge in [0.2, 0.25) is 5.91 Å². The zero-order valence-electron chi connectivity index (χ0n) is 20.0. The number of hydrogen-bond donors (Lipinski definition) is 3. The summed E-state index contributed by atoms with van der Waals surface area (Å²) < 4.78 is 4.92. The van der Waals surface area contributed by atoms with Crippen LogP contribution in [0.2, 0.25) is 0 Å². The highest BCUT2D eigenvalue weighted by Crippen LogP contribution is 2.40.